The van der Waals surface area contributed by atoms with Gasteiger partial charge in [-0.3, -0.25) is 14.2 Å². The normalized spacial score (nSPS) is 11.6. The van der Waals surface area contributed by atoms with Crippen LogP contribution in [0, 0.1) is 13.8 Å². The van der Waals surface area contributed by atoms with Crippen molar-refractivity contribution in [3.05, 3.63) is 63.3 Å². The number of nitrogens with zero attached hydrogens (tertiary/aromatic N) is 2. The number of amides is 1. The van der Waals surface area contributed by atoms with Gasteiger partial charge >= 0.3 is 6.18 Å². The molecule has 3 rings (SSSR count). The molecule has 2 heterocycles. The number of rotatable bonds is 6. The van der Waals surface area contributed by atoms with Crippen LogP contribution in [0.1, 0.15) is 16.0 Å². The Morgan fingerprint density at radius 3 is 2.77 bits per heavy atom. The molecule has 0 atom stereocenters. The molecule has 1 amide bonds. The average molecular weight is 454 g/mol. The summed E-state index contributed by atoms with van der Waals surface area (Å²) in [5.41, 5.74) is -0.123. The van der Waals surface area contributed by atoms with Crippen molar-refractivity contribution < 1.29 is 18.0 Å². The molecule has 0 saturated carbocycles. The smallest absolute Gasteiger partial charge is 0.325 e. The van der Waals surface area contributed by atoms with Crippen LogP contribution in [0.25, 0.3) is 10.2 Å². The summed E-state index contributed by atoms with van der Waals surface area (Å²) in [4.78, 5) is 31.3. The number of anilines is 1. The monoisotopic (exact) mass is 453 g/mol. The van der Waals surface area contributed by atoms with Crippen LogP contribution in [0.4, 0.5) is 18.9 Å². The predicted octanol–water partition coefficient (Wildman–Crippen LogP) is 5.01. The topological polar surface area (TPSA) is 64.0 Å². The number of thioether (sulfide) groups is 1. The molecule has 0 fully saturated rings. The van der Waals surface area contributed by atoms with E-state index < -0.39 is 17.6 Å². The van der Waals surface area contributed by atoms with Crippen LogP contribution < -0.4 is 10.9 Å². The van der Waals surface area contributed by atoms with Gasteiger partial charge in [-0.05, 0) is 37.6 Å². The average Bonchev–Trinajstić information content (AvgIpc) is 2.96. The van der Waals surface area contributed by atoms with Crippen molar-refractivity contribution in [2.45, 2.75) is 31.7 Å². The molecule has 5 nitrogen and oxygen atoms in total. The number of hydrogen-bond donors (Lipinski definition) is 1. The molecule has 30 heavy (non-hydrogen) atoms. The van der Waals surface area contributed by atoms with Gasteiger partial charge in [0.15, 0.2) is 5.16 Å². The number of carbonyl (C=O) groups is 1. The number of fused-ring (bicyclic) bond motifs is 1. The highest BCUT2D eigenvalue weighted by Gasteiger charge is 2.30. The molecule has 0 radical (unpaired) electrons. The highest BCUT2D eigenvalue weighted by Crippen LogP contribution is 2.31. The Balaban J connectivity index is 1.81. The summed E-state index contributed by atoms with van der Waals surface area (Å²) in [6.07, 6.45) is -2.93. The van der Waals surface area contributed by atoms with Gasteiger partial charge in [0.05, 0.1) is 16.7 Å². The van der Waals surface area contributed by atoms with E-state index in [1.54, 1.807) is 6.08 Å². The Bertz CT molecular complexity index is 1180. The van der Waals surface area contributed by atoms with Crippen LogP contribution in [0.15, 0.2) is 46.9 Å². The summed E-state index contributed by atoms with van der Waals surface area (Å²) in [7, 11) is 0. The van der Waals surface area contributed by atoms with Crippen molar-refractivity contribution in [2.75, 3.05) is 11.1 Å². The maximum atomic E-state index is 12.9. The number of nitrogens with one attached hydrogen (secondary N) is 1. The molecule has 1 N–H and O–H groups in total. The van der Waals surface area contributed by atoms with Gasteiger partial charge in [0.25, 0.3) is 5.56 Å². The minimum atomic E-state index is -4.49. The lowest BCUT2D eigenvalue weighted by Crippen LogP contribution is -2.23. The summed E-state index contributed by atoms with van der Waals surface area (Å²) in [6.45, 7) is 7.67. The molecule has 0 spiro atoms. The lowest BCUT2D eigenvalue weighted by atomic mass is 10.2. The fourth-order valence-electron chi connectivity index (χ4n) is 2.81. The van der Waals surface area contributed by atoms with Crippen molar-refractivity contribution >= 4 is 44.9 Å². The highest BCUT2D eigenvalue weighted by atomic mass is 32.2. The molecule has 2 aromatic heterocycles. The number of halogens is 3. The Labute approximate surface area is 178 Å². The molecule has 3 aromatic rings. The van der Waals surface area contributed by atoms with E-state index in [2.05, 4.69) is 16.9 Å². The van der Waals surface area contributed by atoms with Gasteiger partial charge in [-0.25, -0.2) is 4.98 Å². The first-order valence-corrected chi connectivity index (χ1v) is 10.6. The zero-order chi connectivity index (χ0) is 22.1. The highest BCUT2D eigenvalue weighted by molar-refractivity contribution is 7.99. The number of carbonyl (C=O) groups excluding carboxylic acids is 1. The molecule has 10 heteroatoms. The molecule has 0 aliphatic carbocycles. The van der Waals surface area contributed by atoms with Crippen molar-refractivity contribution in [3.63, 3.8) is 0 Å². The van der Waals surface area contributed by atoms with E-state index in [1.807, 2.05) is 13.8 Å². The van der Waals surface area contributed by atoms with E-state index in [0.29, 0.717) is 15.4 Å². The van der Waals surface area contributed by atoms with E-state index in [9.17, 15) is 22.8 Å². The third kappa shape index (κ3) is 4.59. The quantitative estimate of drug-likeness (QED) is 0.324. The second-order valence-corrected chi connectivity index (χ2v) is 8.62. The number of aromatic nitrogens is 2. The van der Waals surface area contributed by atoms with Crippen LogP contribution in [0.3, 0.4) is 0 Å². The zero-order valence-corrected chi connectivity index (χ0v) is 17.8. The van der Waals surface area contributed by atoms with Gasteiger partial charge in [-0.15, -0.1) is 17.9 Å². The summed E-state index contributed by atoms with van der Waals surface area (Å²) < 4.78 is 39.9. The van der Waals surface area contributed by atoms with E-state index >= 15 is 0 Å². The van der Waals surface area contributed by atoms with Crippen LogP contribution in [-0.4, -0.2) is 21.2 Å². The minimum absolute atomic E-state index is 0.0480. The molecule has 0 aliphatic rings. The van der Waals surface area contributed by atoms with E-state index in [4.69, 9.17) is 0 Å². The van der Waals surface area contributed by atoms with Gasteiger partial charge in [0.2, 0.25) is 5.91 Å². The molecular formula is C20H18F3N3O2S2. The van der Waals surface area contributed by atoms with Gasteiger partial charge in [-0.2, -0.15) is 13.2 Å². The molecule has 1 aromatic carbocycles. The fraction of sp³-hybridized carbons (Fsp3) is 0.250. The molecule has 0 bridgehead atoms. The van der Waals surface area contributed by atoms with Crippen LogP contribution in [0.5, 0.6) is 0 Å². The first-order chi connectivity index (χ1) is 14.1. The standard InChI is InChI=1S/C20H18F3N3O2S2/c1-4-8-26-18(28)16-11(2)12(3)30-17(16)25-19(26)29-10-15(27)24-14-7-5-6-13(9-14)20(21,22)23/h4-7,9H,1,8,10H2,2-3H3,(H,24,27). The Kier molecular flexibility index (Phi) is 6.37. The second kappa shape index (κ2) is 8.65. The van der Waals surface area contributed by atoms with Crippen molar-refractivity contribution in [1.82, 2.24) is 9.55 Å². The minimum Gasteiger partial charge on any atom is -0.325 e. The van der Waals surface area contributed by atoms with Crippen LogP contribution >= 0.6 is 23.1 Å². The number of benzene rings is 1. The maximum Gasteiger partial charge on any atom is 0.416 e. The van der Waals surface area contributed by atoms with E-state index in [1.165, 1.54) is 28.0 Å². The summed E-state index contributed by atoms with van der Waals surface area (Å²) in [6, 6.07) is 4.41. The largest absolute Gasteiger partial charge is 0.416 e. The van der Waals surface area contributed by atoms with E-state index in [0.717, 1.165) is 34.3 Å². The van der Waals surface area contributed by atoms with E-state index in [-0.39, 0.29) is 23.5 Å². The molecule has 0 saturated heterocycles. The summed E-state index contributed by atoms with van der Waals surface area (Å²) >= 11 is 2.45. The number of hydrogen-bond acceptors (Lipinski definition) is 5. The van der Waals surface area contributed by atoms with Gasteiger partial charge in [0.1, 0.15) is 4.83 Å². The number of aryl methyl sites for hydroxylation is 2. The summed E-state index contributed by atoms with van der Waals surface area (Å²) in [5, 5.41) is 3.36. The summed E-state index contributed by atoms with van der Waals surface area (Å²) in [5.74, 6) is -0.619. The molecule has 0 aliphatic heterocycles. The number of thiophene rings is 1. The van der Waals surface area contributed by atoms with Gasteiger partial charge in [0, 0.05) is 17.1 Å². The third-order valence-electron chi connectivity index (χ3n) is 4.37. The third-order valence-corrected chi connectivity index (χ3v) is 6.45. The zero-order valence-electron chi connectivity index (χ0n) is 16.2. The predicted molar refractivity (Wildman–Crippen MR) is 114 cm³/mol. The van der Waals surface area contributed by atoms with Crippen molar-refractivity contribution in [2.24, 2.45) is 0 Å². The first kappa shape index (κ1) is 22.1. The van der Waals surface area contributed by atoms with Crippen LogP contribution in [0.2, 0.25) is 0 Å². The van der Waals surface area contributed by atoms with Gasteiger partial charge in [-0.1, -0.05) is 23.9 Å². The SMILES string of the molecule is C=CCn1c(SCC(=O)Nc2cccc(C(F)(F)F)c2)nc2sc(C)c(C)c2c1=O. The molecule has 158 valence electrons. The van der Waals surface area contributed by atoms with Crippen molar-refractivity contribution in [3.8, 4) is 0 Å². The number of allylic oxidation sites excluding steroid dienone is 1. The fourth-order valence-corrected chi connectivity index (χ4v) is 4.69. The lowest BCUT2D eigenvalue weighted by molar-refractivity contribution is -0.137. The van der Waals surface area contributed by atoms with Crippen LogP contribution in [-0.2, 0) is 17.5 Å². The Morgan fingerprint density at radius 1 is 1.37 bits per heavy atom. The molecule has 0 unspecified atom stereocenters. The second-order valence-electron chi connectivity index (χ2n) is 6.48. The van der Waals surface area contributed by atoms with Crippen molar-refractivity contribution in [1.29, 1.82) is 0 Å². The lowest BCUT2D eigenvalue weighted by Gasteiger charge is -2.11. The first-order valence-electron chi connectivity index (χ1n) is 8.83. The number of alkyl halides is 3. The Morgan fingerprint density at radius 2 is 2.10 bits per heavy atom. The Hall–Kier alpha value is -2.59. The van der Waals surface area contributed by atoms with Gasteiger partial charge < -0.3 is 5.32 Å². The maximum absolute atomic E-state index is 12.9. The molecular weight excluding hydrogens is 435 g/mol.